The van der Waals surface area contributed by atoms with Crippen molar-refractivity contribution in [3.05, 3.63) is 70.5 Å². The second-order valence-electron chi connectivity index (χ2n) is 6.25. The lowest BCUT2D eigenvalue weighted by Crippen LogP contribution is -2.24. The zero-order valence-corrected chi connectivity index (χ0v) is 14.6. The first kappa shape index (κ1) is 16.8. The Morgan fingerprint density at radius 2 is 1.88 bits per heavy atom. The molecule has 0 aliphatic heterocycles. The number of anilines is 1. The molecule has 3 rings (SSSR count). The van der Waals surface area contributed by atoms with Gasteiger partial charge in [0, 0.05) is 5.69 Å². The van der Waals surface area contributed by atoms with Gasteiger partial charge < -0.3 is 5.32 Å². The van der Waals surface area contributed by atoms with Crippen LogP contribution in [0.3, 0.4) is 0 Å². The summed E-state index contributed by atoms with van der Waals surface area (Å²) in [4.78, 5) is 12.9. The fourth-order valence-corrected chi connectivity index (χ4v) is 2.68. The van der Waals surface area contributed by atoms with Crippen LogP contribution in [0.1, 0.15) is 34.0 Å². The molecule has 0 aliphatic rings. The van der Waals surface area contributed by atoms with Crippen molar-refractivity contribution in [1.82, 2.24) is 20.6 Å². The molecule has 1 heterocycles. The Bertz CT molecular complexity index is 856. The fourth-order valence-electron chi connectivity index (χ4n) is 2.68. The Hall–Kier alpha value is -3.02. The Morgan fingerprint density at radius 1 is 1.12 bits per heavy atom. The highest BCUT2D eigenvalue weighted by Gasteiger charge is 2.25. The normalized spacial score (nSPS) is 12.0. The first-order valence-corrected chi connectivity index (χ1v) is 8.20. The van der Waals surface area contributed by atoms with Crippen LogP contribution in [0.2, 0.25) is 0 Å². The second kappa shape index (κ2) is 7.25. The topological polar surface area (TPSA) is 83.6 Å². The van der Waals surface area contributed by atoms with Crippen molar-refractivity contribution in [2.45, 2.75) is 33.1 Å². The average Bonchev–Trinajstić information content (AvgIpc) is 3.12. The van der Waals surface area contributed by atoms with Crippen LogP contribution in [-0.4, -0.2) is 26.5 Å². The highest BCUT2D eigenvalue weighted by molar-refractivity contribution is 5.96. The van der Waals surface area contributed by atoms with Crippen molar-refractivity contribution in [1.29, 1.82) is 0 Å². The number of rotatable bonds is 5. The van der Waals surface area contributed by atoms with Crippen LogP contribution in [0.25, 0.3) is 0 Å². The monoisotopic (exact) mass is 335 g/mol. The van der Waals surface area contributed by atoms with Crippen molar-refractivity contribution >= 4 is 11.6 Å². The lowest BCUT2D eigenvalue weighted by atomic mass is 9.96. The van der Waals surface area contributed by atoms with E-state index in [1.165, 1.54) is 5.56 Å². The molecule has 1 unspecified atom stereocenters. The van der Waals surface area contributed by atoms with Crippen molar-refractivity contribution < 1.29 is 4.79 Å². The maximum Gasteiger partial charge on any atom is 0.235 e. The van der Waals surface area contributed by atoms with E-state index in [0.29, 0.717) is 12.2 Å². The fraction of sp³-hybridized carbons (Fsp3) is 0.263. The maximum atomic E-state index is 12.9. The van der Waals surface area contributed by atoms with E-state index in [4.69, 9.17) is 0 Å². The minimum Gasteiger partial charge on any atom is -0.325 e. The predicted molar refractivity (Wildman–Crippen MR) is 96.3 cm³/mol. The van der Waals surface area contributed by atoms with E-state index in [-0.39, 0.29) is 5.91 Å². The summed E-state index contributed by atoms with van der Waals surface area (Å²) in [5, 5.41) is 17.1. The third-order valence-electron chi connectivity index (χ3n) is 4.41. The van der Waals surface area contributed by atoms with Crippen molar-refractivity contribution in [2.24, 2.45) is 0 Å². The summed E-state index contributed by atoms with van der Waals surface area (Å²) in [7, 11) is 0. The highest BCUT2D eigenvalue weighted by Crippen LogP contribution is 2.23. The van der Waals surface area contributed by atoms with E-state index < -0.39 is 5.92 Å². The van der Waals surface area contributed by atoms with Crippen LogP contribution in [0.4, 0.5) is 5.69 Å². The molecule has 1 amide bonds. The second-order valence-corrected chi connectivity index (χ2v) is 6.25. The number of nitrogens with zero attached hydrogens (tertiary/aromatic N) is 3. The van der Waals surface area contributed by atoms with Crippen molar-refractivity contribution in [3.8, 4) is 0 Å². The van der Waals surface area contributed by atoms with E-state index in [1.54, 1.807) is 0 Å². The number of tetrazole rings is 1. The summed E-state index contributed by atoms with van der Waals surface area (Å²) < 4.78 is 0. The van der Waals surface area contributed by atoms with Gasteiger partial charge >= 0.3 is 0 Å². The molecular formula is C19H21N5O. The molecule has 0 radical (unpaired) electrons. The summed E-state index contributed by atoms with van der Waals surface area (Å²) in [5.74, 6) is -0.263. The van der Waals surface area contributed by atoms with Gasteiger partial charge in [-0.1, -0.05) is 47.2 Å². The largest absolute Gasteiger partial charge is 0.325 e. The van der Waals surface area contributed by atoms with Gasteiger partial charge in [-0.05, 0) is 49.9 Å². The van der Waals surface area contributed by atoms with Gasteiger partial charge in [-0.3, -0.25) is 4.79 Å². The van der Waals surface area contributed by atoms with E-state index in [0.717, 1.165) is 22.4 Å². The zero-order valence-electron chi connectivity index (χ0n) is 14.6. The van der Waals surface area contributed by atoms with Crippen LogP contribution in [-0.2, 0) is 11.2 Å². The summed E-state index contributed by atoms with van der Waals surface area (Å²) in [6, 6.07) is 14.0. The molecule has 0 spiro atoms. The van der Waals surface area contributed by atoms with Gasteiger partial charge in [-0.25, -0.2) is 0 Å². The quantitative estimate of drug-likeness (QED) is 0.750. The molecule has 6 nitrogen and oxygen atoms in total. The van der Waals surface area contributed by atoms with Gasteiger partial charge in [0.05, 0.1) is 0 Å². The summed E-state index contributed by atoms with van der Waals surface area (Å²) in [6.07, 6.45) is 0.510. The lowest BCUT2D eigenvalue weighted by molar-refractivity contribution is -0.117. The molecule has 0 saturated heterocycles. The minimum atomic E-state index is -0.513. The van der Waals surface area contributed by atoms with Gasteiger partial charge in [0.1, 0.15) is 5.92 Å². The average molecular weight is 335 g/mol. The summed E-state index contributed by atoms with van der Waals surface area (Å²) in [6.45, 7) is 6.05. The standard InChI is InChI=1S/C19H21N5O/c1-12-7-9-15(10-8-12)11-16(18-21-23-24-22-18)19(25)20-17-6-4-5-13(2)14(17)3/h4-10,16H,11H2,1-3H3,(H,20,25)(H,21,22,23,24). The van der Waals surface area contributed by atoms with Crippen LogP contribution in [0, 0.1) is 20.8 Å². The number of aromatic amines is 1. The van der Waals surface area contributed by atoms with Crippen molar-refractivity contribution in [2.75, 3.05) is 5.32 Å². The number of aryl methyl sites for hydroxylation is 2. The molecular weight excluding hydrogens is 314 g/mol. The molecule has 0 saturated carbocycles. The smallest absolute Gasteiger partial charge is 0.235 e. The summed E-state index contributed by atoms with van der Waals surface area (Å²) in [5.41, 5.74) is 5.23. The van der Waals surface area contributed by atoms with Gasteiger partial charge in [0.2, 0.25) is 5.91 Å². The number of hydrogen-bond donors (Lipinski definition) is 2. The Labute approximate surface area is 146 Å². The number of carbonyl (C=O) groups is 1. The SMILES string of the molecule is Cc1ccc(CC(C(=O)Nc2cccc(C)c2C)c2nn[nH]n2)cc1. The molecule has 0 bridgehead atoms. The van der Waals surface area contributed by atoms with Crippen LogP contribution in [0.15, 0.2) is 42.5 Å². The first-order valence-electron chi connectivity index (χ1n) is 8.20. The van der Waals surface area contributed by atoms with Gasteiger partial charge in [-0.2, -0.15) is 5.21 Å². The van der Waals surface area contributed by atoms with E-state index in [9.17, 15) is 4.79 Å². The highest BCUT2D eigenvalue weighted by atomic mass is 16.1. The molecule has 128 valence electrons. The third kappa shape index (κ3) is 3.91. The first-order chi connectivity index (χ1) is 12.0. The molecule has 0 fully saturated rings. The van der Waals surface area contributed by atoms with E-state index >= 15 is 0 Å². The number of nitrogens with one attached hydrogen (secondary N) is 2. The zero-order chi connectivity index (χ0) is 17.8. The predicted octanol–water partition coefficient (Wildman–Crippen LogP) is 3.09. The molecule has 0 aliphatic carbocycles. The Balaban J connectivity index is 1.85. The van der Waals surface area contributed by atoms with E-state index in [1.807, 2.05) is 63.2 Å². The molecule has 3 aromatic rings. The molecule has 25 heavy (non-hydrogen) atoms. The van der Waals surface area contributed by atoms with Crippen LogP contribution >= 0.6 is 0 Å². The Morgan fingerprint density at radius 3 is 2.56 bits per heavy atom. The molecule has 2 aromatic carbocycles. The van der Waals surface area contributed by atoms with Gasteiger partial charge in [0.15, 0.2) is 5.82 Å². The van der Waals surface area contributed by atoms with Crippen LogP contribution < -0.4 is 5.32 Å². The number of benzene rings is 2. The molecule has 2 N–H and O–H groups in total. The Kier molecular flexibility index (Phi) is 4.88. The number of aromatic nitrogens is 4. The summed E-state index contributed by atoms with van der Waals surface area (Å²) >= 11 is 0. The number of amides is 1. The number of H-pyrrole nitrogens is 1. The molecule has 6 heteroatoms. The van der Waals surface area contributed by atoms with E-state index in [2.05, 4.69) is 25.9 Å². The van der Waals surface area contributed by atoms with Crippen LogP contribution in [0.5, 0.6) is 0 Å². The number of hydrogen-bond acceptors (Lipinski definition) is 4. The van der Waals surface area contributed by atoms with Crippen molar-refractivity contribution in [3.63, 3.8) is 0 Å². The molecule has 1 atom stereocenters. The van der Waals surface area contributed by atoms with Gasteiger partial charge in [-0.15, -0.1) is 10.2 Å². The maximum absolute atomic E-state index is 12.9. The molecule has 1 aromatic heterocycles. The third-order valence-corrected chi connectivity index (χ3v) is 4.41. The lowest BCUT2D eigenvalue weighted by Gasteiger charge is -2.16. The minimum absolute atomic E-state index is 0.143. The number of carbonyl (C=O) groups excluding carboxylic acids is 1. The van der Waals surface area contributed by atoms with Gasteiger partial charge in [0.25, 0.3) is 0 Å².